The molecule has 140 valence electrons. The molecule has 2 rings (SSSR count). The summed E-state index contributed by atoms with van der Waals surface area (Å²) < 4.78 is 32.4. The van der Waals surface area contributed by atoms with Crippen molar-refractivity contribution in [2.45, 2.75) is 38.6 Å². The van der Waals surface area contributed by atoms with E-state index in [2.05, 4.69) is 10.0 Å². The van der Waals surface area contributed by atoms with Crippen molar-refractivity contribution >= 4 is 21.6 Å². The molecule has 0 atom stereocenters. The first kappa shape index (κ1) is 19.9. The lowest BCUT2D eigenvalue weighted by Crippen LogP contribution is -2.30. The van der Waals surface area contributed by atoms with Crippen molar-refractivity contribution in [1.82, 2.24) is 4.72 Å². The summed E-state index contributed by atoms with van der Waals surface area (Å²) in [5.74, 6) is 0.180. The molecule has 0 aliphatic heterocycles. The highest BCUT2D eigenvalue weighted by Gasteiger charge is 2.16. The average Bonchev–Trinajstić information content (AvgIpc) is 2.54. The van der Waals surface area contributed by atoms with Crippen LogP contribution in [0.3, 0.4) is 0 Å². The fourth-order valence-corrected chi connectivity index (χ4v) is 3.64. The second-order valence-electron chi connectivity index (χ2n) is 6.41. The highest BCUT2D eigenvalue weighted by molar-refractivity contribution is 7.89. The molecule has 0 saturated heterocycles. The molecule has 0 unspecified atom stereocenters. The maximum Gasteiger partial charge on any atom is 0.262 e. The van der Waals surface area contributed by atoms with Crippen LogP contribution in [0.5, 0.6) is 5.75 Å². The molecule has 0 radical (unpaired) electrons. The molecule has 0 aromatic heterocycles. The second-order valence-corrected chi connectivity index (χ2v) is 8.12. The van der Waals surface area contributed by atoms with Gasteiger partial charge in [0, 0.05) is 11.7 Å². The van der Waals surface area contributed by atoms with E-state index in [0.29, 0.717) is 17.0 Å². The summed E-state index contributed by atoms with van der Waals surface area (Å²) in [7, 11) is -3.56. The molecule has 2 aromatic rings. The molecule has 0 heterocycles. The largest absolute Gasteiger partial charge is 0.483 e. The Kier molecular flexibility index (Phi) is 6.39. The zero-order chi connectivity index (χ0) is 19.3. The third-order valence-electron chi connectivity index (χ3n) is 3.54. The molecule has 6 nitrogen and oxygen atoms in total. The molecule has 0 spiro atoms. The zero-order valence-corrected chi connectivity index (χ0v) is 16.2. The Morgan fingerprint density at radius 1 is 1.08 bits per heavy atom. The van der Waals surface area contributed by atoms with Crippen LogP contribution in [-0.4, -0.2) is 27.0 Å². The van der Waals surface area contributed by atoms with Gasteiger partial charge in [-0.2, -0.15) is 0 Å². The highest BCUT2D eigenvalue weighted by Crippen LogP contribution is 2.22. The van der Waals surface area contributed by atoms with Gasteiger partial charge >= 0.3 is 0 Å². The third kappa shape index (κ3) is 5.57. The monoisotopic (exact) mass is 376 g/mol. The van der Waals surface area contributed by atoms with E-state index < -0.39 is 10.0 Å². The van der Waals surface area contributed by atoms with Gasteiger partial charge in [-0.1, -0.05) is 17.7 Å². The van der Waals surface area contributed by atoms with E-state index in [1.807, 2.05) is 31.2 Å². The van der Waals surface area contributed by atoms with Crippen LogP contribution in [0.15, 0.2) is 47.4 Å². The maximum absolute atomic E-state index is 12.2. The lowest BCUT2D eigenvalue weighted by atomic mass is 10.2. The SMILES string of the molecule is Cc1ccc(NC(=O)COc2ccc(S(=O)(=O)NC(C)C)cc2C)cc1. The molecule has 0 fully saturated rings. The average molecular weight is 376 g/mol. The first-order chi connectivity index (χ1) is 12.2. The van der Waals surface area contributed by atoms with Gasteiger partial charge in [0.15, 0.2) is 6.61 Å². The predicted octanol–water partition coefficient (Wildman–Crippen LogP) is 3.01. The van der Waals surface area contributed by atoms with Crippen molar-refractivity contribution in [3.63, 3.8) is 0 Å². The lowest BCUT2D eigenvalue weighted by Gasteiger charge is -2.13. The van der Waals surface area contributed by atoms with Gasteiger partial charge < -0.3 is 10.1 Å². The molecule has 7 heteroatoms. The van der Waals surface area contributed by atoms with Gasteiger partial charge in [0.05, 0.1) is 4.90 Å². The quantitative estimate of drug-likeness (QED) is 0.778. The van der Waals surface area contributed by atoms with Gasteiger partial charge in [0.25, 0.3) is 5.91 Å². The minimum absolute atomic E-state index is 0.162. The van der Waals surface area contributed by atoms with Gasteiger partial charge in [-0.3, -0.25) is 4.79 Å². The fraction of sp³-hybridized carbons (Fsp3) is 0.316. The topological polar surface area (TPSA) is 84.5 Å². The molecule has 0 aliphatic carbocycles. The van der Waals surface area contributed by atoms with E-state index in [1.165, 1.54) is 12.1 Å². The van der Waals surface area contributed by atoms with Crippen LogP contribution < -0.4 is 14.8 Å². The van der Waals surface area contributed by atoms with Crippen molar-refractivity contribution < 1.29 is 17.9 Å². The van der Waals surface area contributed by atoms with E-state index in [0.717, 1.165) is 5.56 Å². The third-order valence-corrected chi connectivity index (χ3v) is 5.20. The van der Waals surface area contributed by atoms with Crippen molar-refractivity contribution in [3.05, 3.63) is 53.6 Å². The number of ether oxygens (including phenoxy) is 1. The van der Waals surface area contributed by atoms with Crippen LogP contribution in [0.2, 0.25) is 0 Å². The second kappa shape index (κ2) is 8.33. The van der Waals surface area contributed by atoms with Gasteiger partial charge in [0.1, 0.15) is 5.75 Å². The minimum atomic E-state index is -3.56. The van der Waals surface area contributed by atoms with E-state index in [4.69, 9.17) is 4.74 Å². The number of rotatable bonds is 7. The number of nitrogens with one attached hydrogen (secondary N) is 2. The number of aryl methyl sites for hydroxylation is 2. The normalized spacial score (nSPS) is 11.4. The molecule has 2 aromatic carbocycles. The summed E-state index contributed by atoms with van der Waals surface area (Å²) in [5, 5.41) is 2.75. The number of carbonyl (C=O) groups excluding carboxylic acids is 1. The zero-order valence-electron chi connectivity index (χ0n) is 15.4. The van der Waals surface area contributed by atoms with E-state index >= 15 is 0 Å². The van der Waals surface area contributed by atoms with Crippen LogP contribution in [0.1, 0.15) is 25.0 Å². The Balaban J connectivity index is 1.99. The highest BCUT2D eigenvalue weighted by atomic mass is 32.2. The first-order valence-electron chi connectivity index (χ1n) is 8.29. The number of hydrogen-bond donors (Lipinski definition) is 2. The molecular formula is C19H24N2O4S. The number of benzene rings is 2. The molecule has 0 bridgehead atoms. The predicted molar refractivity (Wildman–Crippen MR) is 102 cm³/mol. The number of anilines is 1. The van der Waals surface area contributed by atoms with Crippen LogP contribution >= 0.6 is 0 Å². The van der Waals surface area contributed by atoms with Gasteiger partial charge in [-0.25, -0.2) is 13.1 Å². The number of amides is 1. The molecule has 1 amide bonds. The van der Waals surface area contributed by atoms with E-state index in [1.54, 1.807) is 26.8 Å². The van der Waals surface area contributed by atoms with Crippen molar-refractivity contribution in [2.75, 3.05) is 11.9 Å². The molecule has 26 heavy (non-hydrogen) atoms. The van der Waals surface area contributed by atoms with Gasteiger partial charge in [0.2, 0.25) is 10.0 Å². The summed E-state index contributed by atoms with van der Waals surface area (Å²) >= 11 is 0. The Labute approximate surface area is 154 Å². The Hall–Kier alpha value is -2.38. The summed E-state index contributed by atoms with van der Waals surface area (Å²) in [6.07, 6.45) is 0. The minimum Gasteiger partial charge on any atom is -0.483 e. The summed E-state index contributed by atoms with van der Waals surface area (Å²) in [4.78, 5) is 12.2. The lowest BCUT2D eigenvalue weighted by molar-refractivity contribution is -0.118. The summed E-state index contributed by atoms with van der Waals surface area (Å²) in [6, 6.07) is 11.8. The van der Waals surface area contributed by atoms with Gasteiger partial charge in [-0.05, 0) is 63.6 Å². The molecule has 0 aliphatic rings. The van der Waals surface area contributed by atoms with Gasteiger partial charge in [-0.15, -0.1) is 0 Å². The van der Waals surface area contributed by atoms with Crippen LogP contribution in [-0.2, 0) is 14.8 Å². The summed E-state index contributed by atoms with van der Waals surface area (Å²) in [6.45, 7) is 7.06. The van der Waals surface area contributed by atoms with Crippen LogP contribution in [0, 0.1) is 13.8 Å². The van der Waals surface area contributed by atoms with E-state index in [9.17, 15) is 13.2 Å². The Morgan fingerprint density at radius 3 is 2.31 bits per heavy atom. The van der Waals surface area contributed by atoms with E-state index in [-0.39, 0.29) is 23.5 Å². The number of sulfonamides is 1. The molecule has 0 saturated carbocycles. The van der Waals surface area contributed by atoms with Crippen LogP contribution in [0.4, 0.5) is 5.69 Å². The van der Waals surface area contributed by atoms with Crippen LogP contribution in [0.25, 0.3) is 0 Å². The number of hydrogen-bond acceptors (Lipinski definition) is 4. The fourth-order valence-electron chi connectivity index (χ4n) is 2.31. The van der Waals surface area contributed by atoms with Crippen molar-refractivity contribution in [1.29, 1.82) is 0 Å². The Morgan fingerprint density at radius 2 is 1.73 bits per heavy atom. The van der Waals surface area contributed by atoms with Crippen molar-refractivity contribution in [3.8, 4) is 5.75 Å². The molecular weight excluding hydrogens is 352 g/mol. The van der Waals surface area contributed by atoms with Crippen molar-refractivity contribution in [2.24, 2.45) is 0 Å². The maximum atomic E-state index is 12.2. The summed E-state index contributed by atoms with van der Waals surface area (Å²) in [5.41, 5.74) is 2.44. The standard InChI is InChI=1S/C19H24N2O4S/c1-13(2)21-26(23,24)17-9-10-18(15(4)11-17)25-12-19(22)20-16-7-5-14(3)6-8-16/h5-11,13,21H,12H2,1-4H3,(H,20,22). The molecule has 2 N–H and O–H groups in total. The Bertz CT molecular complexity index is 875. The number of carbonyl (C=O) groups is 1. The first-order valence-corrected chi connectivity index (χ1v) is 9.78. The smallest absolute Gasteiger partial charge is 0.262 e.